The van der Waals surface area contributed by atoms with E-state index in [9.17, 15) is 9.59 Å². The van der Waals surface area contributed by atoms with Gasteiger partial charge in [0, 0.05) is 11.3 Å². The molecule has 1 aromatic heterocycles. The SMILES string of the molecule is Cc1ccc(-c2ncco2)cc1NC(=O)C1CC1C(=O)O. The largest absolute Gasteiger partial charge is 0.481 e. The minimum atomic E-state index is -0.916. The van der Waals surface area contributed by atoms with Crippen LogP contribution in [0.2, 0.25) is 0 Å². The maximum Gasteiger partial charge on any atom is 0.307 e. The van der Waals surface area contributed by atoms with Crippen LogP contribution in [0, 0.1) is 18.8 Å². The number of hydrogen-bond acceptors (Lipinski definition) is 4. The molecule has 3 rings (SSSR count). The molecule has 6 heteroatoms. The number of aryl methyl sites for hydroxylation is 1. The molecule has 0 radical (unpaired) electrons. The molecule has 0 saturated heterocycles. The fourth-order valence-corrected chi connectivity index (χ4v) is 2.24. The van der Waals surface area contributed by atoms with Crippen LogP contribution in [0.3, 0.4) is 0 Å². The zero-order valence-electron chi connectivity index (χ0n) is 11.4. The Labute approximate surface area is 120 Å². The Bertz CT molecular complexity index is 694. The molecule has 1 fully saturated rings. The van der Waals surface area contributed by atoms with Gasteiger partial charge in [-0.25, -0.2) is 4.98 Å². The van der Waals surface area contributed by atoms with Gasteiger partial charge in [0.15, 0.2) is 0 Å². The molecule has 1 saturated carbocycles. The normalized spacial score (nSPS) is 20.0. The number of carboxylic acids is 1. The predicted octanol–water partition coefficient (Wildman–Crippen LogP) is 2.31. The second-order valence-corrected chi connectivity index (χ2v) is 5.14. The molecule has 1 aromatic carbocycles. The zero-order valence-corrected chi connectivity index (χ0v) is 11.4. The summed E-state index contributed by atoms with van der Waals surface area (Å²) < 4.78 is 5.23. The summed E-state index contributed by atoms with van der Waals surface area (Å²) in [5, 5.41) is 11.6. The molecule has 2 aromatic rings. The molecule has 2 unspecified atom stereocenters. The van der Waals surface area contributed by atoms with Gasteiger partial charge in [0.25, 0.3) is 0 Å². The minimum Gasteiger partial charge on any atom is -0.481 e. The van der Waals surface area contributed by atoms with Crippen molar-refractivity contribution in [3.63, 3.8) is 0 Å². The van der Waals surface area contributed by atoms with E-state index in [1.165, 1.54) is 6.26 Å². The highest BCUT2D eigenvalue weighted by atomic mass is 16.4. The van der Waals surface area contributed by atoms with E-state index in [4.69, 9.17) is 9.52 Å². The molecular formula is C15H14N2O4. The first-order chi connectivity index (χ1) is 10.1. The summed E-state index contributed by atoms with van der Waals surface area (Å²) >= 11 is 0. The third-order valence-corrected chi connectivity index (χ3v) is 3.62. The van der Waals surface area contributed by atoms with Crippen molar-refractivity contribution in [1.29, 1.82) is 0 Å². The Morgan fingerprint density at radius 2 is 2.19 bits per heavy atom. The topological polar surface area (TPSA) is 92.4 Å². The van der Waals surface area contributed by atoms with Crippen LogP contribution in [-0.4, -0.2) is 22.0 Å². The van der Waals surface area contributed by atoms with E-state index < -0.39 is 17.8 Å². The average molecular weight is 286 g/mol. The number of benzene rings is 1. The number of anilines is 1. The number of hydrogen-bond donors (Lipinski definition) is 2. The summed E-state index contributed by atoms with van der Waals surface area (Å²) in [5.74, 6) is -1.69. The van der Waals surface area contributed by atoms with Crippen LogP contribution in [0.25, 0.3) is 11.5 Å². The summed E-state index contributed by atoms with van der Waals surface area (Å²) in [7, 11) is 0. The standard InChI is InChI=1S/C15H14N2O4/c1-8-2-3-9(14-16-4-5-21-14)6-12(8)17-13(18)10-7-11(10)15(19)20/h2-6,10-11H,7H2,1H3,(H,17,18)(H,19,20). The van der Waals surface area contributed by atoms with Crippen LogP contribution in [-0.2, 0) is 9.59 Å². The summed E-state index contributed by atoms with van der Waals surface area (Å²) in [5.41, 5.74) is 2.30. The Morgan fingerprint density at radius 3 is 2.81 bits per heavy atom. The number of nitrogens with one attached hydrogen (secondary N) is 1. The van der Waals surface area contributed by atoms with E-state index in [0.29, 0.717) is 18.0 Å². The maximum absolute atomic E-state index is 12.0. The quantitative estimate of drug-likeness (QED) is 0.899. The molecule has 108 valence electrons. The van der Waals surface area contributed by atoms with Crippen molar-refractivity contribution in [2.75, 3.05) is 5.32 Å². The Kier molecular flexibility index (Phi) is 3.21. The number of carboxylic acid groups (broad SMARTS) is 1. The van der Waals surface area contributed by atoms with Crippen LogP contribution < -0.4 is 5.32 Å². The molecule has 2 N–H and O–H groups in total. The van der Waals surface area contributed by atoms with Crippen molar-refractivity contribution in [3.8, 4) is 11.5 Å². The van der Waals surface area contributed by atoms with Gasteiger partial charge in [-0.3, -0.25) is 9.59 Å². The second-order valence-electron chi connectivity index (χ2n) is 5.14. The summed E-state index contributed by atoms with van der Waals surface area (Å²) in [6.45, 7) is 1.87. The lowest BCUT2D eigenvalue weighted by molar-refractivity contribution is -0.139. The second kappa shape index (κ2) is 5.05. The van der Waals surface area contributed by atoms with E-state index in [0.717, 1.165) is 11.1 Å². The van der Waals surface area contributed by atoms with Crippen molar-refractivity contribution in [2.24, 2.45) is 11.8 Å². The zero-order chi connectivity index (χ0) is 15.0. The molecule has 1 aliphatic carbocycles. The van der Waals surface area contributed by atoms with Gasteiger partial charge in [-0.2, -0.15) is 0 Å². The van der Waals surface area contributed by atoms with Crippen molar-refractivity contribution < 1.29 is 19.1 Å². The number of aliphatic carboxylic acids is 1. The maximum atomic E-state index is 12.0. The van der Waals surface area contributed by atoms with Gasteiger partial charge in [0.1, 0.15) is 6.26 Å². The highest BCUT2D eigenvalue weighted by Gasteiger charge is 2.48. The number of aromatic nitrogens is 1. The van der Waals surface area contributed by atoms with Gasteiger partial charge < -0.3 is 14.8 Å². The Morgan fingerprint density at radius 1 is 1.38 bits per heavy atom. The molecule has 0 spiro atoms. The van der Waals surface area contributed by atoms with Crippen LogP contribution in [0.5, 0.6) is 0 Å². The molecule has 2 atom stereocenters. The summed E-state index contributed by atoms with van der Waals surface area (Å²) in [6, 6.07) is 5.49. The van der Waals surface area contributed by atoms with Crippen molar-refractivity contribution >= 4 is 17.6 Å². The average Bonchev–Trinajstić information content (AvgIpc) is 3.09. The number of oxazole rings is 1. The number of nitrogens with zero attached hydrogens (tertiary/aromatic N) is 1. The lowest BCUT2D eigenvalue weighted by Crippen LogP contribution is -2.17. The van der Waals surface area contributed by atoms with E-state index in [2.05, 4.69) is 10.3 Å². The van der Waals surface area contributed by atoms with Gasteiger partial charge in [0.2, 0.25) is 11.8 Å². The number of rotatable bonds is 4. The summed E-state index contributed by atoms with van der Waals surface area (Å²) in [4.78, 5) is 26.9. The van der Waals surface area contributed by atoms with Gasteiger partial charge >= 0.3 is 5.97 Å². The van der Waals surface area contributed by atoms with Crippen LogP contribution in [0.1, 0.15) is 12.0 Å². The highest BCUT2D eigenvalue weighted by molar-refractivity contribution is 5.99. The van der Waals surface area contributed by atoms with Gasteiger partial charge in [0.05, 0.1) is 18.0 Å². The number of carbonyl (C=O) groups is 2. The fourth-order valence-electron chi connectivity index (χ4n) is 2.24. The molecule has 0 aliphatic heterocycles. The van der Waals surface area contributed by atoms with Gasteiger partial charge in [-0.1, -0.05) is 6.07 Å². The van der Waals surface area contributed by atoms with E-state index in [1.807, 2.05) is 19.1 Å². The number of amides is 1. The molecular weight excluding hydrogens is 272 g/mol. The lowest BCUT2D eigenvalue weighted by Gasteiger charge is -2.09. The van der Waals surface area contributed by atoms with Gasteiger partial charge in [-0.15, -0.1) is 0 Å². The Hall–Kier alpha value is -2.63. The van der Waals surface area contributed by atoms with Gasteiger partial charge in [-0.05, 0) is 31.0 Å². The first-order valence-electron chi connectivity index (χ1n) is 6.60. The van der Waals surface area contributed by atoms with Crippen molar-refractivity contribution in [1.82, 2.24) is 4.98 Å². The minimum absolute atomic E-state index is 0.255. The molecule has 1 amide bonds. The number of carbonyl (C=O) groups excluding carboxylic acids is 1. The molecule has 1 aliphatic rings. The first kappa shape index (κ1) is 13.4. The highest BCUT2D eigenvalue weighted by Crippen LogP contribution is 2.39. The molecule has 21 heavy (non-hydrogen) atoms. The van der Waals surface area contributed by atoms with Crippen LogP contribution in [0.4, 0.5) is 5.69 Å². The molecule has 1 heterocycles. The van der Waals surface area contributed by atoms with Crippen molar-refractivity contribution in [2.45, 2.75) is 13.3 Å². The monoisotopic (exact) mass is 286 g/mol. The molecule has 0 bridgehead atoms. The van der Waals surface area contributed by atoms with E-state index in [1.54, 1.807) is 12.3 Å². The Balaban J connectivity index is 1.78. The first-order valence-corrected chi connectivity index (χ1v) is 6.60. The lowest BCUT2D eigenvalue weighted by atomic mass is 10.1. The predicted molar refractivity (Wildman–Crippen MR) is 74.5 cm³/mol. The molecule has 6 nitrogen and oxygen atoms in total. The van der Waals surface area contributed by atoms with E-state index in [-0.39, 0.29) is 5.91 Å². The third-order valence-electron chi connectivity index (χ3n) is 3.62. The third kappa shape index (κ3) is 2.65. The van der Waals surface area contributed by atoms with Crippen LogP contribution in [0.15, 0.2) is 35.1 Å². The smallest absolute Gasteiger partial charge is 0.307 e. The van der Waals surface area contributed by atoms with E-state index >= 15 is 0 Å². The summed E-state index contributed by atoms with van der Waals surface area (Å²) in [6.07, 6.45) is 3.43. The fraction of sp³-hybridized carbons (Fsp3) is 0.267. The van der Waals surface area contributed by atoms with Crippen molar-refractivity contribution in [3.05, 3.63) is 36.2 Å². The van der Waals surface area contributed by atoms with Crippen LogP contribution >= 0.6 is 0 Å².